The highest BCUT2D eigenvalue weighted by atomic mass is 16.6. The third-order valence-electron chi connectivity index (χ3n) is 2.41. The zero-order valence-electron chi connectivity index (χ0n) is 8.91. The van der Waals surface area contributed by atoms with Gasteiger partial charge in [0.05, 0.1) is 6.61 Å². The predicted octanol–water partition coefficient (Wildman–Crippen LogP) is 0.874. The second kappa shape index (κ2) is 6.27. The average Bonchev–Trinajstić information content (AvgIpc) is 2.25. The number of nitrogens with zero attached hydrogens (tertiary/aromatic N) is 1. The molecule has 0 unspecified atom stereocenters. The number of carbonyl (C=O) groups is 2. The number of carbonyl (C=O) groups excluding carboxylic acids is 2. The first-order chi connectivity index (χ1) is 7.20. The third kappa shape index (κ3) is 4.67. The summed E-state index contributed by atoms with van der Waals surface area (Å²) in [5.41, 5.74) is 4.96. The van der Waals surface area contributed by atoms with Gasteiger partial charge in [-0.25, -0.2) is 4.79 Å². The van der Waals surface area contributed by atoms with Crippen LogP contribution in [0.3, 0.4) is 0 Å². The van der Waals surface area contributed by atoms with Crippen molar-refractivity contribution < 1.29 is 14.3 Å². The number of likely N-dealkylation sites (tertiary alicyclic amines) is 1. The summed E-state index contributed by atoms with van der Waals surface area (Å²) in [6, 6.07) is 0. The summed E-state index contributed by atoms with van der Waals surface area (Å²) < 4.78 is 5.01. The molecule has 0 aromatic carbocycles. The molecule has 0 spiro atoms. The van der Waals surface area contributed by atoms with Crippen molar-refractivity contribution in [3.05, 3.63) is 0 Å². The van der Waals surface area contributed by atoms with E-state index in [1.807, 2.05) is 0 Å². The van der Waals surface area contributed by atoms with E-state index in [9.17, 15) is 9.59 Å². The number of amides is 2. The number of ether oxygens (including phenoxy) is 1. The molecule has 0 aliphatic carbocycles. The maximum Gasteiger partial charge on any atom is 0.409 e. The lowest BCUT2D eigenvalue weighted by atomic mass is 10.1. The molecule has 1 rings (SSSR count). The lowest BCUT2D eigenvalue weighted by Crippen LogP contribution is -2.36. The molecule has 86 valence electrons. The van der Waals surface area contributed by atoms with Gasteiger partial charge in [-0.2, -0.15) is 0 Å². The van der Waals surface area contributed by atoms with Gasteiger partial charge < -0.3 is 15.4 Å². The number of nitrogens with two attached hydrogens (primary N) is 1. The van der Waals surface area contributed by atoms with Crippen molar-refractivity contribution in [2.75, 3.05) is 19.7 Å². The van der Waals surface area contributed by atoms with Gasteiger partial charge in [-0.05, 0) is 25.7 Å². The van der Waals surface area contributed by atoms with Crippen molar-refractivity contribution in [1.29, 1.82) is 0 Å². The van der Waals surface area contributed by atoms with Crippen LogP contribution in [0.1, 0.15) is 32.1 Å². The van der Waals surface area contributed by atoms with Crippen LogP contribution in [0.5, 0.6) is 0 Å². The van der Waals surface area contributed by atoms with E-state index in [1.54, 1.807) is 4.90 Å². The molecule has 5 nitrogen and oxygen atoms in total. The van der Waals surface area contributed by atoms with Crippen molar-refractivity contribution in [3.8, 4) is 0 Å². The van der Waals surface area contributed by atoms with Gasteiger partial charge in [-0.3, -0.25) is 4.79 Å². The normalized spacial score (nSPS) is 16.1. The second-order valence-corrected chi connectivity index (χ2v) is 3.73. The first-order valence-corrected chi connectivity index (χ1v) is 5.40. The highest BCUT2D eigenvalue weighted by molar-refractivity contribution is 5.73. The summed E-state index contributed by atoms with van der Waals surface area (Å²) in [6.07, 6.45) is 3.81. The van der Waals surface area contributed by atoms with Crippen molar-refractivity contribution in [2.24, 2.45) is 5.73 Å². The van der Waals surface area contributed by atoms with Gasteiger partial charge in [-0.15, -0.1) is 0 Å². The first kappa shape index (κ1) is 11.8. The smallest absolute Gasteiger partial charge is 0.409 e. The van der Waals surface area contributed by atoms with Gasteiger partial charge in [0.25, 0.3) is 0 Å². The molecule has 0 radical (unpaired) electrons. The van der Waals surface area contributed by atoms with Crippen molar-refractivity contribution in [3.63, 3.8) is 0 Å². The van der Waals surface area contributed by atoms with Crippen LogP contribution >= 0.6 is 0 Å². The number of hydrogen-bond acceptors (Lipinski definition) is 3. The van der Waals surface area contributed by atoms with Crippen LogP contribution in [-0.2, 0) is 9.53 Å². The van der Waals surface area contributed by atoms with E-state index in [4.69, 9.17) is 10.5 Å². The van der Waals surface area contributed by atoms with E-state index < -0.39 is 0 Å². The lowest BCUT2D eigenvalue weighted by Gasteiger charge is -2.25. The number of hydrogen-bond donors (Lipinski definition) is 1. The maximum atomic E-state index is 11.4. The van der Waals surface area contributed by atoms with E-state index in [2.05, 4.69) is 0 Å². The summed E-state index contributed by atoms with van der Waals surface area (Å²) in [5.74, 6) is -0.357. The minimum absolute atomic E-state index is 0.265. The quantitative estimate of drug-likeness (QED) is 0.706. The summed E-state index contributed by atoms with van der Waals surface area (Å²) in [7, 11) is 0. The summed E-state index contributed by atoms with van der Waals surface area (Å²) >= 11 is 0. The number of primary amides is 1. The zero-order valence-corrected chi connectivity index (χ0v) is 8.91. The Labute approximate surface area is 89.6 Å². The molecule has 5 heteroatoms. The van der Waals surface area contributed by atoms with Crippen molar-refractivity contribution >= 4 is 12.0 Å². The molecule has 0 bridgehead atoms. The van der Waals surface area contributed by atoms with Crippen LogP contribution in [0.25, 0.3) is 0 Å². The van der Waals surface area contributed by atoms with E-state index in [0.29, 0.717) is 6.42 Å². The number of rotatable bonds is 4. The Morgan fingerprint density at radius 1 is 1.20 bits per heavy atom. The largest absolute Gasteiger partial charge is 0.449 e. The maximum absolute atomic E-state index is 11.4. The van der Waals surface area contributed by atoms with Gasteiger partial charge >= 0.3 is 6.09 Å². The van der Waals surface area contributed by atoms with Crippen LogP contribution in [0.2, 0.25) is 0 Å². The Hall–Kier alpha value is -1.26. The van der Waals surface area contributed by atoms with Gasteiger partial charge in [-0.1, -0.05) is 0 Å². The summed E-state index contributed by atoms with van der Waals surface area (Å²) in [5, 5.41) is 0. The standard InChI is InChI=1S/C10H18N2O3/c11-9(13)5-4-8-15-10(14)12-6-2-1-3-7-12/h1-8H2,(H2,11,13). The third-order valence-corrected chi connectivity index (χ3v) is 2.41. The lowest BCUT2D eigenvalue weighted by molar-refractivity contribution is -0.118. The Morgan fingerprint density at radius 2 is 1.87 bits per heavy atom. The van der Waals surface area contributed by atoms with Gasteiger partial charge in [0.15, 0.2) is 0 Å². The molecule has 0 aromatic heterocycles. The van der Waals surface area contributed by atoms with Gasteiger partial charge in [0.2, 0.25) is 5.91 Å². The molecule has 0 atom stereocenters. The highest BCUT2D eigenvalue weighted by Gasteiger charge is 2.17. The Balaban J connectivity index is 2.09. The first-order valence-electron chi connectivity index (χ1n) is 5.40. The van der Waals surface area contributed by atoms with E-state index in [1.165, 1.54) is 6.42 Å². The summed E-state index contributed by atoms with van der Waals surface area (Å²) in [4.78, 5) is 23.6. The van der Waals surface area contributed by atoms with Crippen LogP contribution in [0, 0.1) is 0 Å². The molecule has 2 amide bonds. The van der Waals surface area contributed by atoms with Crippen molar-refractivity contribution in [2.45, 2.75) is 32.1 Å². The average molecular weight is 214 g/mol. The second-order valence-electron chi connectivity index (χ2n) is 3.73. The van der Waals surface area contributed by atoms with Gasteiger partial charge in [0, 0.05) is 19.5 Å². The SMILES string of the molecule is NC(=O)CCCOC(=O)N1CCCCC1. The minimum Gasteiger partial charge on any atom is -0.449 e. The molecule has 0 aromatic rings. The predicted molar refractivity (Wildman–Crippen MR) is 55.2 cm³/mol. The molecular weight excluding hydrogens is 196 g/mol. The topological polar surface area (TPSA) is 72.6 Å². The molecule has 15 heavy (non-hydrogen) atoms. The van der Waals surface area contributed by atoms with Crippen LogP contribution in [0.4, 0.5) is 4.79 Å². The Morgan fingerprint density at radius 3 is 2.47 bits per heavy atom. The van der Waals surface area contributed by atoms with Crippen molar-refractivity contribution in [1.82, 2.24) is 4.90 Å². The summed E-state index contributed by atoms with van der Waals surface area (Å²) in [6.45, 7) is 1.85. The van der Waals surface area contributed by atoms with E-state index in [-0.39, 0.29) is 25.0 Å². The monoisotopic (exact) mass is 214 g/mol. The Bertz CT molecular complexity index is 225. The molecule has 1 fully saturated rings. The molecule has 2 N–H and O–H groups in total. The molecule has 1 heterocycles. The molecule has 1 aliphatic rings. The fraction of sp³-hybridized carbons (Fsp3) is 0.800. The van der Waals surface area contributed by atoms with E-state index >= 15 is 0 Å². The zero-order chi connectivity index (χ0) is 11.1. The van der Waals surface area contributed by atoms with Gasteiger partial charge in [0.1, 0.15) is 0 Å². The Kier molecular flexibility index (Phi) is 4.93. The molecule has 0 saturated carbocycles. The molecular formula is C10H18N2O3. The van der Waals surface area contributed by atoms with E-state index in [0.717, 1.165) is 25.9 Å². The molecule has 1 aliphatic heterocycles. The van der Waals surface area contributed by atoms with Crippen LogP contribution in [0.15, 0.2) is 0 Å². The van der Waals surface area contributed by atoms with Crippen LogP contribution in [-0.4, -0.2) is 36.6 Å². The number of piperidine rings is 1. The fourth-order valence-corrected chi connectivity index (χ4v) is 1.57. The molecule has 1 saturated heterocycles. The fourth-order valence-electron chi connectivity index (χ4n) is 1.57. The van der Waals surface area contributed by atoms with Crippen LogP contribution < -0.4 is 5.73 Å². The minimum atomic E-state index is -0.357. The highest BCUT2D eigenvalue weighted by Crippen LogP contribution is 2.09.